The van der Waals surface area contributed by atoms with Gasteiger partial charge in [-0.25, -0.2) is 0 Å². The van der Waals surface area contributed by atoms with Crippen molar-refractivity contribution in [2.24, 2.45) is 5.41 Å². The van der Waals surface area contributed by atoms with E-state index in [0.717, 1.165) is 16.8 Å². The molecule has 2 aliphatic heterocycles. The minimum absolute atomic E-state index is 0.212. The molecule has 0 saturated carbocycles. The van der Waals surface area contributed by atoms with E-state index >= 15 is 0 Å². The second-order valence-electron chi connectivity index (χ2n) is 10.8. The van der Waals surface area contributed by atoms with Crippen LogP contribution >= 0.6 is 34.8 Å². The molecular formula is C34H22Cl3NO3. The van der Waals surface area contributed by atoms with Crippen molar-refractivity contribution in [1.29, 1.82) is 0 Å². The molecule has 7 heteroatoms. The zero-order valence-electron chi connectivity index (χ0n) is 21.8. The van der Waals surface area contributed by atoms with Crippen LogP contribution in [-0.4, -0.2) is 29.4 Å². The lowest BCUT2D eigenvalue weighted by Crippen LogP contribution is -2.48. The summed E-state index contributed by atoms with van der Waals surface area (Å²) in [6.45, 7) is 1.95. The summed E-state index contributed by atoms with van der Waals surface area (Å²) in [4.78, 5) is 46.0. The van der Waals surface area contributed by atoms with E-state index < -0.39 is 23.4 Å². The van der Waals surface area contributed by atoms with Crippen molar-refractivity contribution < 1.29 is 14.4 Å². The zero-order valence-corrected chi connectivity index (χ0v) is 24.0. The molecular weight excluding hydrogens is 577 g/mol. The lowest BCUT2D eigenvalue weighted by Gasteiger charge is -2.37. The number of hydrogen-bond donors (Lipinski definition) is 0. The van der Waals surface area contributed by atoms with Crippen LogP contribution in [-0.2, 0) is 0 Å². The zero-order chi connectivity index (χ0) is 28.6. The summed E-state index contributed by atoms with van der Waals surface area (Å²) in [5, 5.41) is 1.25. The van der Waals surface area contributed by atoms with Crippen molar-refractivity contribution in [2.45, 2.75) is 24.9 Å². The van der Waals surface area contributed by atoms with Gasteiger partial charge < -0.3 is 4.90 Å². The average Bonchev–Trinajstić information content (AvgIpc) is 3.39. The van der Waals surface area contributed by atoms with Crippen molar-refractivity contribution in [2.75, 3.05) is 4.90 Å². The standard InChI is InChI=1S/C34H22Cl3NO3/c1-18-6-8-19(9-7-18)31(39)30-29(25-13-11-22(36)17-26(25)37)34(32(40)23-4-2-3-5-24(23)33(34)41)28-15-10-20-16-21(35)12-14-27(20)38(28)30/h2-17,28-30H,1H3/t28-,29-,30+/m1/s1. The highest BCUT2D eigenvalue weighted by Crippen LogP contribution is 2.61. The third kappa shape index (κ3) is 3.64. The fraction of sp³-hybridized carbons (Fsp3) is 0.147. The number of fused-ring (bicyclic) bond motifs is 5. The Bertz CT molecular complexity index is 1790. The SMILES string of the molecule is Cc1ccc(C(=O)[C@@H]2[C@@H](c3ccc(Cl)cc3Cl)C3(C(=O)c4ccccc4C3=O)[C@H]3C=Cc4cc(Cl)ccc4N23)cc1. The van der Waals surface area contributed by atoms with Crippen molar-refractivity contribution >= 4 is 63.9 Å². The molecule has 0 amide bonds. The Balaban J connectivity index is 1.56. The summed E-state index contributed by atoms with van der Waals surface area (Å²) in [5.41, 5.74) is 2.59. The molecule has 0 radical (unpaired) electrons. The van der Waals surface area contributed by atoms with Crippen LogP contribution in [0.1, 0.15) is 53.7 Å². The summed E-state index contributed by atoms with van der Waals surface area (Å²) < 4.78 is 0. The van der Waals surface area contributed by atoms with Gasteiger partial charge in [0.1, 0.15) is 11.5 Å². The van der Waals surface area contributed by atoms with Gasteiger partial charge in [0.05, 0.1) is 6.04 Å². The minimum Gasteiger partial charge on any atom is -0.352 e. The van der Waals surface area contributed by atoms with Crippen LogP contribution in [0.15, 0.2) is 91.0 Å². The van der Waals surface area contributed by atoms with E-state index in [1.165, 1.54) is 0 Å². The molecule has 0 bridgehead atoms. The lowest BCUT2D eigenvalue weighted by molar-refractivity contribution is 0.0666. The molecule has 3 aliphatic rings. The second kappa shape index (κ2) is 9.42. The van der Waals surface area contributed by atoms with E-state index in [1.54, 1.807) is 60.7 Å². The van der Waals surface area contributed by atoms with Crippen LogP contribution in [0.2, 0.25) is 15.1 Å². The Morgan fingerprint density at radius 2 is 1.44 bits per heavy atom. The van der Waals surface area contributed by atoms with Crippen molar-refractivity contribution in [3.8, 4) is 0 Å². The molecule has 0 aromatic heterocycles. The first-order chi connectivity index (χ1) is 19.7. The molecule has 1 aliphatic carbocycles. The van der Waals surface area contributed by atoms with Gasteiger partial charge in [-0.3, -0.25) is 14.4 Å². The van der Waals surface area contributed by atoms with Crippen LogP contribution in [0.3, 0.4) is 0 Å². The van der Waals surface area contributed by atoms with E-state index in [0.29, 0.717) is 37.3 Å². The Morgan fingerprint density at radius 1 is 0.805 bits per heavy atom. The van der Waals surface area contributed by atoms with Gasteiger partial charge in [-0.15, -0.1) is 0 Å². The number of ketones is 3. The van der Waals surface area contributed by atoms with Gasteiger partial charge in [-0.2, -0.15) is 0 Å². The van der Waals surface area contributed by atoms with Crippen LogP contribution in [0, 0.1) is 12.3 Å². The number of Topliss-reactive ketones (excluding diaryl/α,β-unsaturated/α-hetero) is 3. The molecule has 2 heterocycles. The number of hydrogen-bond acceptors (Lipinski definition) is 4. The maximum atomic E-state index is 14.7. The lowest BCUT2D eigenvalue weighted by atomic mass is 9.64. The number of benzene rings is 4. The van der Waals surface area contributed by atoms with Crippen molar-refractivity contribution in [1.82, 2.24) is 0 Å². The van der Waals surface area contributed by atoms with Crippen molar-refractivity contribution in [3.63, 3.8) is 0 Å². The normalized spacial score (nSPS) is 21.7. The van der Waals surface area contributed by atoms with Gasteiger partial charge in [0.25, 0.3) is 0 Å². The average molecular weight is 599 g/mol. The maximum absolute atomic E-state index is 14.7. The topological polar surface area (TPSA) is 54.5 Å². The monoisotopic (exact) mass is 597 g/mol. The van der Waals surface area contributed by atoms with Crippen LogP contribution in [0.25, 0.3) is 6.08 Å². The number of aryl methyl sites for hydroxylation is 1. The summed E-state index contributed by atoms with van der Waals surface area (Å²) in [7, 11) is 0. The quantitative estimate of drug-likeness (QED) is 0.176. The first kappa shape index (κ1) is 26.2. The molecule has 1 saturated heterocycles. The Labute approximate surface area is 252 Å². The second-order valence-corrected chi connectivity index (χ2v) is 12.1. The third-order valence-corrected chi connectivity index (χ3v) is 9.47. The Kier molecular flexibility index (Phi) is 6.02. The molecule has 4 nitrogen and oxygen atoms in total. The Hall–Kier alpha value is -3.70. The van der Waals surface area contributed by atoms with Crippen LogP contribution in [0.4, 0.5) is 5.69 Å². The van der Waals surface area contributed by atoms with E-state index in [2.05, 4.69) is 0 Å². The fourth-order valence-electron chi connectivity index (χ4n) is 6.93. The minimum atomic E-state index is -1.64. The largest absolute Gasteiger partial charge is 0.352 e. The number of carbonyl (C=O) groups is 3. The molecule has 7 rings (SSSR count). The molecule has 0 unspecified atom stereocenters. The van der Waals surface area contributed by atoms with Crippen LogP contribution < -0.4 is 4.90 Å². The number of nitrogens with zero attached hydrogens (tertiary/aromatic N) is 1. The van der Waals surface area contributed by atoms with Gasteiger partial charge in [0.2, 0.25) is 0 Å². The van der Waals surface area contributed by atoms with E-state index in [1.807, 2.05) is 48.2 Å². The summed E-state index contributed by atoms with van der Waals surface area (Å²) in [5.74, 6) is -1.75. The summed E-state index contributed by atoms with van der Waals surface area (Å²) in [6, 6.07) is 23.0. The molecule has 0 N–H and O–H groups in total. The van der Waals surface area contributed by atoms with Gasteiger partial charge in [-0.05, 0) is 48.4 Å². The van der Waals surface area contributed by atoms with Crippen molar-refractivity contribution in [3.05, 3.63) is 139 Å². The first-order valence-corrected chi connectivity index (χ1v) is 14.4. The number of rotatable bonds is 3. The summed E-state index contributed by atoms with van der Waals surface area (Å²) >= 11 is 19.5. The third-order valence-electron chi connectivity index (χ3n) is 8.67. The smallest absolute Gasteiger partial charge is 0.185 e. The molecule has 1 spiro atoms. The van der Waals surface area contributed by atoms with Gasteiger partial charge >= 0.3 is 0 Å². The first-order valence-electron chi connectivity index (χ1n) is 13.2. The maximum Gasteiger partial charge on any atom is 0.185 e. The molecule has 4 aromatic carbocycles. The predicted octanol–water partition coefficient (Wildman–Crippen LogP) is 8.27. The number of anilines is 1. The molecule has 4 aromatic rings. The molecule has 41 heavy (non-hydrogen) atoms. The van der Waals surface area contributed by atoms with Gasteiger partial charge in [0.15, 0.2) is 17.3 Å². The highest BCUT2D eigenvalue weighted by atomic mass is 35.5. The van der Waals surface area contributed by atoms with Crippen LogP contribution in [0.5, 0.6) is 0 Å². The Morgan fingerprint density at radius 3 is 2.10 bits per heavy atom. The van der Waals surface area contributed by atoms with E-state index in [4.69, 9.17) is 34.8 Å². The fourth-order valence-corrected chi connectivity index (χ4v) is 7.64. The van der Waals surface area contributed by atoms with Gasteiger partial charge in [0, 0.05) is 43.4 Å². The highest BCUT2D eigenvalue weighted by molar-refractivity contribution is 6.36. The van der Waals surface area contributed by atoms with Gasteiger partial charge in [-0.1, -0.05) is 107 Å². The van der Waals surface area contributed by atoms with E-state index in [9.17, 15) is 14.4 Å². The number of carbonyl (C=O) groups excluding carboxylic acids is 3. The number of halogens is 3. The summed E-state index contributed by atoms with van der Waals surface area (Å²) in [6.07, 6.45) is 3.74. The highest BCUT2D eigenvalue weighted by Gasteiger charge is 2.71. The molecule has 3 atom stereocenters. The predicted molar refractivity (Wildman–Crippen MR) is 163 cm³/mol. The molecule has 1 fully saturated rings. The van der Waals surface area contributed by atoms with E-state index in [-0.39, 0.29) is 17.3 Å². The molecule has 202 valence electrons.